The molecule has 0 fully saturated rings. The molecule has 0 aliphatic carbocycles. The first-order valence-electron chi connectivity index (χ1n) is 8.59. The number of benzene rings is 2. The van der Waals surface area contributed by atoms with Gasteiger partial charge in [0, 0.05) is 17.1 Å². The number of nitrogens with zero attached hydrogens (tertiary/aromatic N) is 2. The zero-order valence-electron chi connectivity index (χ0n) is 16.2. The third-order valence-corrected chi connectivity index (χ3v) is 4.86. The number of thiazole rings is 1. The first kappa shape index (κ1) is 20.3. The van der Waals surface area contributed by atoms with E-state index in [2.05, 4.69) is 4.98 Å². The molecule has 3 aromatic rings. The van der Waals surface area contributed by atoms with Crippen molar-refractivity contribution in [3.05, 3.63) is 53.5 Å². The van der Waals surface area contributed by atoms with Gasteiger partial charge in [-0.1, -0.05) is 12.1 Å². The van der Waals surface area contributed by atoms with E-state index in [-0.39, 0.29) is 6.61 Å². The van der Waals surface area contributed by atoms with Crippen molar-refractivity contribution in [3.8, 4) is 23.0 Å². The molecular weight excluding hydrogens is 394 g/mol. The lowest BCUT2D eigenvalue weighted by molar-refractivity contribution is 0.255. The molecule has 8 nitrogen and oxygen atoms in total. The maximum Gasteiger partial charge on any atom is 0.325 e. The quantitative estimate of drug-likeness (QED) is 0.598. The van der Waals surface area contributed by atoms with E-state index >= 15 is 0 Å². The summed E-state index contributed by atoms with van der Waals surface area (Å²) in [5.74, 6) is 2.01. The van der Waals surface area contributed by atoms with Crippen LogP contribution in [-0.4, -0.2) is 32.3 Å². The van der Waals surface area contributed by atoms with Crippen molar-refractivity contribution >= 4 is 28.2 Å². The van der Waals surface area contributed by atoms with Crippen LogP contribution in [0.4, 0.5) is 15.6 Å². The predicted octanol–water partition coefficient (Wildman–Crippen LogP) is 3.96. The SMILES string of the molecule is COc1ccc(COc2ccccc2N(C(N)=O)c2nccs2)c(OC)c1OC. The van der Waals surface area contributed by atoms with E-state index in [0.717, 1.165) is 5.56 Å². The number of hydrogen-bond donors (Lipinski definition) is 1. The maximum atomic E-state index is 12.1. The summed E-state index contributed by atoms with van der Waals surface area (Å²) in [6.45, 7) is 0.172. The van der Waals surface area contributed by atoms with Gasteiger partial charge in [-0.3, -0.25) is 0 Å². The fourth-order valence-electron chi connectivity index (χ4n) is 2.84. The van der Waals surface area contributed by atoms with Gasteiger partial charge in [-0.05, 0) is 24.3 Å². The van der Waals surface area contributed by atoms with Crippen molar-refractivity contribution in [3.63, 3.8) is 0 Å². The lowest BCUT2D eigenvalue weighted by Crippen LogP contribution is -2.31. The molecule has 0 aliphatic heterocycles. The zero-order chi connectivity index (χ0) is 20.8. The number of aromatic nitrogens is 1. The third-order valence-electron chi connectivity index (χ3n) is 4.11. The van der Waals surface area contributed by atoms with Crippen LogP contribution >= 0.6 is 11.3 Å². The van der Waals surface area contributed by atoms with Crippen molar-refractivity contribution in [2.24, 2.45) is 5.73 Å². The van der Waals surface area contributed by atoms with Crippen LogP contribution in [0.25, 0.3) is 0 Å². The van der Waals surface area contributed by atoms with Crippen LogP contribution in [0.5, 0.6) is 23.0 Å². The fraction of sp³-hybridized carbons (Fsp3) is 0.200. The second-order valence-corrected chi connectivity index (χ2v) is 6.61. The molecule has 0 saturated heterocycles. The zero-order valence-corrected chi connectivity index (χ0v) is 17.1. The standard InChI is InChI=1S/C20H21N3O5S/c1-25-16-9-8-13(17(26-2)18(16)27-3)12-28-15-7-5-4-6-14(15)23(19(21)24)20-22-10-11-29-20/h4-11H,12H2,1-3H3,(H2,21,24). The molecule has 29 heavy (non-hydrogen) atoms. The Kier molecular flexibility index (Phi) is 6.40. The van der Waals surface area contributed by atoms with Crippen molar-refractivity contribution < 1.29 is 23.7 Å². The summed E-state index contributed by atoms with van der Waals surface area (Å²) < 4.78 is 22.2. The number of amides is 2. The molecule has 1 aromatic heterocycles. The van der Waals surface area contributed by atoms with Gasteiger partial charge in [0.15, 0.2) is 16.6 Å². The Bertz CT molecular complexity index is 978. The van der Waals surface area contributed by atoms with E-state index in [1.165, 1.54) is 16.2 Å². The summed E-state index contributed by atoms with van der Waals surface area (Å²) in [6.07, 6.45) is 1.61. The largest absolute Gasteiger partial charge is 0.493 e. The predicted molar refractivity (Wildman–Crippen MR) is 111 cm³/mol. The molecule has 2 amide bonds. The van der Waals surface area contributed by atoms with Gasteiger partial charge in [0.2, 0.25) is 5.75 Å². The van der Waals surface area contributed by atoms with Gasteiger partial charge in [-0.15, -0.1) is 11.3 Å². The molecule has 1 heterocycles. The van der Waals surface area contributed by atoms with Crippen LogP contribution in [0.2, 0.25) is 0 Å². The normalized spacial score (nSPS) is 10.3. The summed E-state index contributed by atoms with van der Waals surface area (Å²) in [5, 5.41) is 2.22. The highest BCUT2D eigenvalue weighted by Crippen LogP contribution is 2.41. The number of anilines is 2. The summed E-state index contributed by atoms with van der Waals surface area (Å²) in [7, 11) is 4.64. The van der Waals surface area contributed by atoms with Crippen LogP contribution in [-0.2, 0) is 6.61 Å². The van der Waals surface area contributed by atoms with Gasteiger partial charge in [-0.2, -0.15) is 0 Å². The summed E-state index contributed by atoms with van der Waals surface area (Å²) in [6, 6.07) is 10.1. The molecule has 0 spiro atoms. The van der Waals surface area contributed by atoms with E-state index in [4.69, 9.17) is 24.7 Å². The minimum absolute atomic E-state index is 0.172. The molecule has 2 N–H and O–H groups in total. The topological polar surface area (TPSA) is 96.1 Å². The van der Waals surface area contributed by atoms with Crippen LogP contribution in [0.15, 0.2) is 48.0 Å². The smallest absolute Gasteiger partial charge is 0.325 e. The first-order valence-corrected chi connectivity index (χ1v) is 9.47. The molecule has 0 atom stereocenters. The second-order valence-electron chi connectivity index (χ2n) is 5.74. The average molecular weight is 415 g/mol. The third kappa shape index (κ3) is 4.19. The lowest BCUT2D eigenvalue weighted by atomic mass is 10.1. The first-order chi connectivity index (χ1) is 14.1. The number of rotatable bonds is 8. The van der Waals surface area contributed by atoms with E-state index in [0.29, 0.717) is 33.8 Å². The van der Waals surface area contributed by atoms with Crippen LogP contribution < -0.4 is 29.6 Å². The summed E-state index contributed by atoms with van der Waals surface area (Å²) in [4.78, 5) is 17.6. The van der Waals surface area contributed by atoms with Crippen LogP contribution in [0.1, 0.15) is 5.56 Å². The molecule has 0 unspecified atom stereocenters. The maximum absolute atomic E-state index is 12.1. The molecule has 152 valence electrons. The summed E-state index contributed by atoms with van der Waals surface area (Å²) >= 11 is 1.30. The number of primary amides is 1. The molecule has 0 saturated carbocycles. The minimum Gasteiger partial charge on any atom is -0.493 e. The van der Waals surface area contributed by atoms with Crippen LogP contribution in [0, 0.1) is 0 Å². The number of ether oxygens (including phenoxy) is 4. The number of carbonyl (C=O) groups is 1. The highest BCUT2D eigenvalue weighted by atomic mass is 32.1. The van der Waals surface area contributed by atoms with Gasteiger partial charge in [-0.25, -0.2) is 14.7 Å². The second kappa shape index (κ2) is 9.16. The Labute approximate surface area is 172 Å². The van der Waals surface area contributed by atoms with Gasteiger partial charge in [0.25, 0.3) is 0 Å². The number of nitrogens with two attached hydrogens (primary N) is 1. The van der Waals surface area contributed by atoms with Gasteiger partial charge >= 0.3 is 6.03 Å². The number of urea groups is 1. The molecule has 2 aromatic carbocycles. The fourth-order valence-corrected chi connectivity index (χ4v) is 3.50. The number of methoxy groups -OCH3 is 3. The monoisotopic (exact) mass is 415 g/mol. The van der Waals surface area contributed by atoms with Crippen LogP contribution in [0.3, 0.4) is 0 Å². The van der Waals surface area contributed by atoms with E-state index < -0.39 is 6.03 Å². The summed E-state index contributed by atoms with van der Waals surface area (Å²) in [5.41, 5.74) is 6.84. The minimum atomic E-state index is -0.653. The Morgan fingerprint density at radius 1 is 1.03 bits per heavy atom. The van der Waals surface area contributed by atoms with Gasteiger partial charge in [0.05, 0.1) is 27.0 Å². The highest BCUT2D eigenvalue weighted by Gasteiger charge is 2.22. The van der Waals surface area contributed by atoms with E-state index in [9.17, 15) is 4.79 Å². The Balaban J connectivity index is 1.92. The van der Waals surface area contributed by atoms with E-state index in [1.807, 2.05) is 12.1 Å². The highest BCUT2D eigenvalue weighted by molar-refractivity contribution is 7.13. The van der Waals surface area contributed by atoms with Crippen molar-refractivity contribution in [2.75, 3.05) is 26.2 Å². The van der Waals surface area contributed by atoms with Gasteiger partial charge in [0.1, 0.15) is 12.4 Å². The van der Waals surface area contributed by atoms with E-state index in [1.54, 1.807) is 57.2 Å². The van der Waals surface area contributed by atoms with Gasteiger partial charge < -0.3 is 24.7 Å². The molecular formula is C20H21N3O5S. The average Bonchev–Trinajstić information content (AvgIpc) is 3.26. The Hall–Kier alpha value is -3.46. The van der Waals surface area contributed by atoms with Crippen molar-refractivity contribution in [1.29, 1.82) is 0 Å². The molecule has 0 aliphatic rings. The molecule has 9 heteroatoms. The van der Waals surface area contributed by atoms with Crippen molar-refractivity contribution in [1.82, 2.24) is 4.98 Å². The molecule has 0 bridgehead atoms. The number of para-hydroxylation sites is 2. The van der Waals surface area contributed by atoms with Crippen molar-refractivity contribution in [2.45, 2.75) is 6.61 Å². The Morgan fingerprint density at radius 2 is 1.79 bits per heavy atom. The Morgan fingerprint density at radius 3 is 2.41 bits per heavy atom. The number of hydrogen-bond acceptors (Lipinski definition) is 7. The lowest BCUT2D eigenvalue weighted by Gasteiger charge is -2.21. The molecule has 3 rings (SSSR count). The number of carbonyl (C=O) groups excluding carboxylic acids is 1. The molecule has 0 radical (unpaired) electrons.